The maximum atomic E-state index is 12.6. The highest BCUT2D eigenvalue weighted by molar-refractivity contribution is 5.78. The van der Waals surface area contributed by atoms with Gasteiger partial charge in [0.05, 0.1) is 32.3 Å². The van der Waals surface area contributed by atoms with Gasteiger partial charge in [0, 0.05) is 25.7 Å². The first-order chi connectivity index (χ1) is 12.1. The molecule has 0 aliphatic carbocycles. The number of quaternary nitrogens is 1. The number of halogens is 1. The lowest BCUT2D eigenvalue weighted by molar-refractivity contribution is -0.949. The molecule has 2 aliphatic heterocycles. The van der Waals surface area contributed by atoms with Crippen LogP contribution in [0.1, 0.15) is 56.9 Å². The summed E-state index contributed by atoms with van der Waals surface area (Å²) in [6, 6.07) is 10.7. The zero-order valence-corrected chi connectivity index (χ0v) is 17.5. The molecule has 0 saturated carbocycles. The van der Waals surface area contributed by atoms with E-state index >= 15 is 0 Å². The number of aliphatic hydroxyl groups excluding tert-OH is 1. The number of rotatable bonds is 7. The summed E-state index contributed by atoms with van der Waals surface area (Å²) in [5.74, 6) is -0.843. The lowest BCUT2D eigenvalue weighted by Gasteiger charge is -2.47. The number of esters is 1. The van der Waals surface area contributed by atoms with Crippen molar-refractivity contribution in [2.45, 2.75) is 69.6 Å². The summed E-state index contributed by atoms with van der Waals surface area (Å²) in [6.07, 6.45) is 6.96. The average Bonchev–Trinajstić information content (AvgIpc) is 2.79. The zero-order chi connectivity index (χ0) is 17.9. The molecule has 2 heterocycles. The van der Waals surface area contributed by atoms with Crippen LogP contribution in [0.25, 0.3) is 0 Å². The van der Waals surface area contributed by atoms with Gasteiger partial charge in [0.15, 0.2) is 0 Å². The third-order valence-corrected chi connectivity index (χ3v) is 6.52. The van der Waals surface area contributed by atoms with Crippen LogP contribution in [0, 0.1) is 0 Å². The maximum Gasteiger partial charge on any atom is 0.316 e. The Labute approximate surface area is 167 Å². The summed E-state index contributed by atoms with van der Waals surface area (Å²) in [7, 11) is 2.40. The van der Waals surface area contributed by atoms with Crippen molar-refractivity contribution < 1.29 is 36.1 Å². The highest BCUT2D eigenvalue weighted by Gasteiger charge is 2.52. The average molecular weight is 426 g/mol. The lowest BCUT2D eigenvalue weighted by Crippen LogP contribution is -3.00. The quantitative estimate of drug-likeness (QED) is 0.503. The van der Waals surface area contributed by atoms with Gasteiger partial charge in [0.2, 0.25) is 0 Å². The molecule has 1 unspecified atom stereocenters. The molecule has 26 heavy (non-hydrogen) atoms. The van der Waals surface area contributed by atoms with Crippen LogP contribution >= 0.6 is 0 Å². The molecule has 1 aromatic rings. The van der Waals surface area contributed by atoms with E-state index in [9.17, 15) is 9.90 Å². The standard InChI is InChI=1S/C21H32NO3.BrH/c1-3-4-12-22(2)17-10-11-18(22)14-19(13-17)25-21(24)20(15-23)16-8-6-5-7-9-16;/h5-9,17-20,23H,3-4,10-15H2,1-2H3;1H/q+1;/p-1/t17-,18-,19?,20?,22?;/m1./s1. The normalized spacial score (nSPS) is 31.1. The molecule has 2 aliphatic rings. The number of fused-ring (bicyclic) bond motifs is 2. The van der Waals surface area contributed by atoms with Gasteiger partial charge in [-0.1, -0.05) is 43.7 Å². The molecule has 0 amide bonds. The third kappa shape index (κ3) is 4.32. The summed E-state index contributed by atoms with van der Waals surface area (Å²) < 4.78 is 7.04. The van der Waals surface area contributed by atoms with Gasteiger partial charge >= 0.3 is 5.97 Å². The molecular formula is C21H32BrNO3. The van der Waals surface area contributed by atoms with Crippen LogP contribution in [-0.4, -0.2) is 53.9 Å². The number of hydrogen-bond acceptors (Lipinski definition) is 3. The first-order valence-corrected chi connectivity index (χ1v) is 9.79. The van der Waals surface area contributed by atoms with Crippen LogP contribution in [0.5, 0.6) is 0 Å². The Hall–Kier alpha value is -0.910. The summed E-state index contributed by atoms with van der Waals surface area (Å²) >= 11 is 0. The Kier molecular flexibility index (Phi) is 7.68. The van der Waals surface area contributed by atoms with Crippen LogP contribution in [0.3, 0.4) is 0 Å². The molecule has 0 aromatic heterocycles. The summed E-state index contributed by atoms with van der Waals surface area (Å²) in [6.45, 7) is 3.30. The fourth-order valence-electron chi connectivity index (χ4n) is 4.90. The van der Waals surface area contributed by atoms with Crippen LogP contribution in [-0.2, 0) is 9.53 Å². The van der Waals surface area contributed by atoms with Crippen molar-refractivity contribution in [1.82, 2.24) is 0 Å². The second-order valence-electron chi connectivity index (χ2n) is 7.99. The minimum Gasteiger partial charge on any atom is -1.00 e. The van der Waals surface area contributed by atoms with Crippen LogP contribution in [0.2, 0.25) is 0 Å². The fourth-order valence-corrected chi connectivity index (χ4v) is 4.90. The summed E-state index contributed by atoms with van der Waals surface area (Å²) in [5, 5.41) is 9.67. The van der Waals surface area contributed by atoms with Gasteiger partial charge in [0.1, 0.15) is 12.0 Å². The molecule has 5 heteroatoms. The molecule has 2 saturated heterocycles. The Balaban J connectivity index is 0.00000243. The van der Waals surface area contributed by atoms with Crippen molar-refractivity contribution in [2.24, 2.45) is 0 Å². The highest BCUT2D eigenvalue weighted by Crippen LogP contribution is 2.42. The fraction of sp³-hybridized carbons (Fsp3) is 0.667. The van der Waals surface area contributed by atoms with Gasteiger partial charge in [0.25, 0.3) is 0 Å². The second-order valence-corrected chi connectivity index (χ2v) is 7.99. The number of benzene rings is 1. The van der Waals surface area contributed by atoms with E-state index in [-0.39, 0.29) is 35.7 Å². The number of aliphatic hydroxyl groups is 1. The molecule has 1 aromatic carbocycles. The van der Waals surface area contributed by atoms with Crippen LogP contribution in [0.4, 0.5) is 0 Å². The van der Waals surface area contributed by atoms with E-state index in [4.69, 9.17) is 4.74 Å². The summed E-state index contributed by atoms with van der Waals surface area (Å²) in [4.78, 5) is 12.6. The number of carbonyl (C=O) groups excluding carboxylic acids is 1. The van der Waals surface area contributed by atoms with Crippen molar-refractivity contribution in [1.29, 1.82) is 0 Å². The first kappa shape index (κ1) is 21.4. The SMILES string of the molecule is CCCC[N+]1(C)[C@@H]2CC[C@@H]1CC(OC(=O)C(CO)c1ccccc1)C2.[Br-]. The van der Waals surface area contributed by atoms with Crippen molar-refractivity contribution in [3.63, 3.8) is 0 Å². The Morgan fingerprint density at radius 1 is 1.23 bits per heavy atom. The monoisotopic (exact) mass is 425 g/mol. The second kappa shape index (κ2) is 9.34. The Morgan fingerprint density at radius 3 is 2.38 bits per heavy atom. The molecule has 1 N–H and O–H groups in total. The van der Waals surface area contributed by atoms with E-state index in [0.29, 0.717) is 12.1 Å². The van der Waals surface area contributed by atoms with Gasteiger partial charge < -0.3 is 31.3 Å². The van der Waals surface area contributed by atoms with Crippen molar-refractivity contribution in [3.8, 4) is 0 Å². The number of carbonyl (C=O) groups is 1. The Morgan fingerprint density at radius 2 is 1.85 bits per heavy atom. The van der Waals surface area contributed by atoms with E-state index < -0.39 is 5.92 Å². The molecule has 3 atom stereocenters. The molecule has 3 rings (SSSR count). The van der Waals surface area contributed by atoms with E-state index in [1.54, 1.807) is 0 Å². The van der Waals surface area contributed by atoms with Crippen LogP contribution in [0.15, 0.2) is 30.3 Å². The van der Waals surface area contributed by atoms with Crippen molar-refractivity contribution in [3.05, 3.63) is 35.9 Å². The predicted molar refractivity (Wildman–Crippen MR) is 98.2 cm³/mol. The largest absolute Gasteiger partial charge is 1.00 e. The van der Waals surface area contributed by atoms with E-state index in [2.05, 4.69) is 14.0 Å². The zero-order valence-electron chi connectivity index (χ0n) is 15.9. The topological polar surface area (TPSA) is 46.5 Å². The van der Waals surface area contributed by atoms with Gasteiger partial charge in [-0.15, -0.1) is 0 Å². The van der Waals surface area contributed by atoms with E-state index in [0.717, 1.165) is 18.4 Å². The molecule has 0 spiro atoms. The number of unbranched alkanes of at least 4 members (excludes halogenated alkanes) is 1. The molecule has 4 nitrogen and oxygen atoms in total. The summed E-state index contributed by atoms with van der Waals surface area (Å²) in [5.41, 5.74) is 0.831. The lowest BCUT2D eigenvalue weighted by atomic mass is 9.95. The van der Waals surface area contributed by atoms with Crippen LogP contribution < -0.4 is 17.0 Å². The number of nitrogens with zero attached hydrogens (tertiary/aromatic N) is 1. The smallest absolute Gasteiger partial charge is 0.316 e. The number of ether oxygens (including phenoxy) is 1. The molecule has 2 bridgehead atoms. The molecular weight excluding hydrogens is 394 g/mol. The molecule has 0 radical (unpaired) electrons. The minimum absolute atomic E-state index is 0. The third-order valence-electron chi connectivity index (χ3n) is 6.52. The molecule has 2 fully saturated rings. The van der Waals surface area contributed by atoms with E-state index in [1.807, 2.05) is 30.3 Å². The van der Waals surface area contributed by atoms with Gasteiger partial charge in [-0.05, 0) is 12.0 Å². The van der Waals surface area contributed by atoms with Gasteiger partial charge in [-0.25, -0.2) is 0 Å². The van der Waals surface area contributed by atoms with Crippen molar-refractivity contribution >= 4 is 5.97 Å². The predicted octanol–water partition coefficient (Wildman–Crippen LogP) is 0.250. The number of hydrogen-bond donors (Lipinski definition) is 1. The van der Waals surface area contributed by atoms with Crippen molar-refractivity contribution in [2.75, 3.05) is 20.2 Å². The number of piperidine rings is 1. The van der Waals surface area contributed by atoms with E-state index in [1.165, 1.54) is 36.7 Å². The van der Waals surface area contributed by atoms with Gasteiger partial charge in [-0.2, -0.15) is 0 Å². The molecule has 146 valence electrons. The Bertz CT molecular complexity index is 566. The highest BCUT2D eigenvalue weighted by atomic mass is 79.9. The van der Waals surface area contributed by atoms with Gasteiger partial charge in [-0.3, -0.25) is 4.79 Å². The first-order valence-electron chi connectivity index (χ1n) is 9.79. The maximum absolute atomic E-state index is 12.6. The minimum atomic E-state index is -0.568.